The van der Waals surface area contributed by atoms with Gasteiger partial charge in [-0.2, -0.15) is 0 Å². The van der Waals surface area contributed by atoms with Gasteiger partial charge in [-0.3, -0.25) is 9.59 Å². The largest absolute Gasteiger partial charge is 0.344 e. The third kappa shape index (κ3) is 4.92. The van der Waals surface area contributed by atoms with Gasteiger partial charge < -0.3 is 10.6 Å². The first-order valence-corrected chi connectivity index (χ1v) is 8.66. The Kier molecular flexibility index (Phi) is 6.34. The Bertz CT molecular complexity index is 711. The number of hydrogen-bond acceptors (Lipinski definition) is 2. The average molecular weight is 338 g/mol. The molecule has 0 aliphatic rings. The fourth-order valence-corrected chi connectivity index (χ4v) is 2.72. The Balaban J connectivity index is 2.12. The number of hydrogen-bond donors (Lipinski definition) is 2. The van der Waals surface area contributed by atoms with Crippen LogP contribution in [-0.4, -0.2) is 11.8 Å². The molecule has 2 N–H and O–H groups in total. The Hall–Kier alpha value is -2.62. The summed E-state index contributed by atoms with van der Waals surface area (Å²) in [5.41, 5.74) is 3.78. The van der Waals surface area contributed by atoms with Crippen molar-refractivity contribution < 1.29 is 9.59 Å². The second-order valence-corrected chi connectivity index (χ2v) is 6.74. The second kappa shape index (κ2) is 8.47. The topological polar surface area (TPSA) is 58.2 Å². The molecule has 2 rings (SSSR count). The number of benzene rings is 2. The molecule has 25 heavy (non-hydrogen) atoms. The van der Waals surface area contributed by atoms with E-state index in [-0.39, 0.29) is 11.8 Å². The van der Waals surface area contributed by atoms with Gasteiger partial charge in [0.1, 0.15) is 0 Å². The molecule has 0 atom stereocenters. The first kappa shape index (κ1) is 18.7. The number of para-hydroxylation sites is 1. The molecule has 0 saturated carbocycles. The maximum absolute atomic E-state index is 12.4. The fraction of sp³-hybridized carbons (Fsp3) is 0.333. The number of rotatable bonds is 5. The summed E-state index contributed by atoms with van der Waals surface area (Å²) < 4.78 is 0. The second-order valence-electron chi connectivity index (χ2n) is 6.74. The molecule has 0 bridgehead atoms. The van der Waals surface area contributed by atoms with Crippen LogP contribution in [0.25, 0.3) is 0 Å². The third-order valence-corrected chi connectivity index (χ3v) is 4.11. The van der Waals surface area contributed by atoms with Gasteiger partial charge in [-0.15, -0.1) is 0 Å². The van der Waals surface area contributed by atoms with Gasteiger partial charge in [0.25, 0.3) is 0 Å². The molecule has 132 valence electrons. The van der Waals surface area contributed by atoms with Crippen molar-refractivity contribution >= 4 is 17.5 Å². The summed E-state index contributed by atoms with van der Waals surface area (Å²) in [6.45, 7) is 8.63. The van der Waals surface area contributed by atoms with Gasteiger partial charge in [-0.05, 0) is 28.5 Å². The van der Waals surface area contributed by atoms with E-state index in [1.54, 1.807) is 0 Å². The minimum absolute atomic E-state index is 0.251. The van der Waals surface area contributed by atoms with Crippen molar-refractivity contribution in [2.24, 2.45) is 0 Å². The van der Waals surface area contributed by atoms with Crippen LogP contribution in [0.1, 0.15) is 56.2 Å². The SMILES string of the molecule is CC(C)c1cccc(C(C)C)c1NC(=O)C(=O)NCc1ccccc1. The van der Waals surface area contributed by atoms with E-state index >= 15 is 0 Å². The van der Waals surface area contributed by atoms with E-state index in [0.29, 0.717) is 6.54 Å². The van der Waals surface area contributed by atoms with Gasteiger partial charge in [-0.1, -0.05) is 76.2 Å². The molecule has 0 radical (unpaired) electrons. The highest BCUT2D eigenvalue weighted by Crippen LogP contribution is 2.32. The van der Waals surface area contributed by atoms with Crippen LogP contribution in [0.3, 0.4) is 0 Å². The van der Waals surface area contributed by atoms with E-state index in [1.807, 2.05) is 48.5 Å². The minimum atomic E-state index is -0.633. The summed E-state index contributed by atoms with van der Waals surface area (Å²) in [5.74, 6) is -0.759. The third-order valence-electron chi connectivity index (χ3n) is 4.11. The van der Waals surface area contributed by atoms with Crippen molar-refractivity contribution in [3.63, 3.8) is 0 Å². The zero-order chi connectivity index (χ0) is 18.4. The molecule has 2 aromatic rings. The van der Waals surface area contributed by atoms with Gasteiger partial charge in [0, 0.05) is 12.2 Å². The monoisotopic (exact) mass is 338 g/mol. The van der Waals surface area contributed by atoms with Crippen molar-refractivity contribution in [1.29, 1.82) is 0 Å². The summed E-state index contributed by atoms with van der Waals surface area (Å²) in [4.78, 5) is 24.5. The van der Waals surface area contributed by atoms with Gasteiger partial charge in [0.05, 0.1) is 0 Å². The molecule has 0 saturated heterocycles. The summed E-state index contributed by atoms with van der Waals surface area (Å²) >= 11 is 0. The minimum Gasteiger partial charge on any atom is -0.344 e. The van der Waals surface area contributed by atoms with Crippen LogP contribution in [0, 0.1) is 0 Å². The summed E-state index contributed by atoms with van der Waals surface area (Å²) in [7, 11) is 0. The van der Waals surface area contributed by atoms with Crippen LogP contribution in [-0.2, 0) is 16.1 Å². The van der Waals surface area contributed by atoms with Crippen molar-refractivity contribution in [2.45, 2.75) is 46.1 Å². The van der Waals surface area contributed by atoms with Gasteiger partial charge in [0.2, 0.25) is 0 Å². The molecule has 0 heterocycles. The molecular formula is C21H26N2O2. The van der Waals surface area contributed by atoms with E-state index in [1.165, 1.54) is 0 Å². The first-order chi connectivity index (χ1) is 11.9. The van der Waals surface area contributed by atoms with Crippen LogP contribution in [0.2, 0.25) is 0 Å². The van der Waals surface area contributed by atoms with Crippen LogP contribution in [0.15, 0.2) is 48.5 Å². The van der Waals surface area contributed by atoms with Crippen LogP contribution in [0.4, 0.5) is 5.69 Å². The predicted molar refractivity (Wildman–Crippen MR) is 102 cm³/mol. The standard InChI is InChI=1S/C21H26N2O2/c1-14(2)17-11-8-12-18(15(3)4)19(17)23-21(25)20(24)22-13-16-9-6-5-7-10-16/h5-12,14-15H,13H2,1-4H3,(H,22,24)(H,23,25). The highest BCUT2D eigenvalue weighted by Gasteiger charge is 2.19. The van der Waals surface area contributed by atoms with Crippen molar-refractivity contribution in [3.8, 4) is 0 Å². The lowest BCUT2D eigenvalue weighted by Crippen LogP contribution is -2.35. The molecule has 0 spiro atoms. The number of anilines is 1. The number of amides is 2. The van der Waals surface area contributed by atoms with Crippen LogP contribution >= 0.6 is 0 Å². The lowest BCUT2D eigenvalue weighted by molar-refractivity contribution is -0.136. The maximum atomic E-state index is 12.4. The van der Waals surface area contributed by atoms with E-state index in [4.69, 9.17) is 0 Å². The van der Waals surface area contributed by atoms with Crippen LogP contribution < -0.4 is 10.6 Å². The lowest BCUT2D eigenvalue weighted by atomic mass is 9.92. The summed E-state index contributed by atoms with van der Waals surface area (Å²) in [5, 5.41) is 5.49. The molecule has 0 aliphatic heterocycles. The molecule has 4 nitrogen and oxygen atoms in total. The highest BCUT2D eigenvalue weighted by molar-refractivity contribution is 6.39. The lowest BCUT2D eigenvalue weighted by Gasteiger charge is -2.20. The fourth-order valence-electron chi connectivity index (χ4n) is 2.72. The molecule has 0 aromatic heterocycles. The molecular weight excluding hydrogens is 312 g/mol. The van der Waals surface area contributed by atoms with Crippen molar-refractivity contribution in [3.05, 3.63) is 65.2 Å². The number of carbonyl (C=O) groups excluding carboxylic acids is 2. The van der Waals surface area contributed by atoms with Gasteiger partial charge in [0.15, 0.2) is 0 Å². The molecule has 2 aromatic carbocycles. The molecule has 0 fully saturated rings. The zero-order valence-electron chi connectivity index (χ0n) is 15.3. The zero-order valence-corrected chi connectivity index (χ0v) is 15.3. The van der Waals surface area contributed by atoms with Crippen LogP contribution in [0.5, 0.6) is 0 Å². The van der Waals surface area contributed by atoms with Crippen molar-refractivity contribution in [1.82, 2.24) is 5.32 Å². The van der Waals surface area contributed by atoms with Gasteiger partial charge in [-0.25, -0.2) is 0 Å². The smallest absolute Gasteiger partial charge is 0.313 e. The summed E-state index contributed by atoms with van der Waals surface area (Å²) in [6.07, 6.45) is 0. The molecule has 2 amide bonds. The number of carbonyl (C=O) groups is 2. The Morgan fingerprint density at radius 1 is 0.800 bits per heavy atom. The van der Waals surface area contributed by atoms with E-state index in [0.717, 1.165) is 22.4 Å². The normalized spacial score (nSPS) is 10.8. The first-order valence-electron chi connectivity index (χ1n) is 8.66. The van der Waals surface area contributed by atoms with E-state index in [9.17, 15) is 9.59 Å². The maximum Gasteiger partial charge on any atom is 0.313 e. The Morgan fingerprint density at radius 3 is 1.88 bits per heavy atom. The predicted octanol–water partition coefficient (Wildman–Crippen LogP) is 4.19. The van der Waals surface area contributed by atoms with Gasteiger partial charge >= 0.3 is 11.8 Å². The Labute approximate surface area is 149 Å². The molecule has 0 aliphatic carbocycles. The Morgan fingerprint density at radius 2 is 1.36 bits per heavy atom. The average Bonchev–Trinajstić information content (AvgIpc) is 2.60. The quantitative estimate of drug-likeness (QED) is 0.803. The molecule has 4 heteroatoms. The molecule has 0 unspecified atom stereocenters. The van der Waals surface area contributed by atoms with E-state index < -0.39 is 11.8 Å². The highest BCUT2D eigenvalue weighted by atomic mass is 16.2. The number of nitrogens with one attached hydrogen (secondary N) is 2. The summed E-state index contributed by atoms with van der Waals surface area (Å²) in [6, 6.07) is 15.5. The van der Waals surface area contributed by atoms with E-state index in [2.05, 4.69) is 38.3 Å². The van der Waals surface area contributed by atoms with Crippen molar-refractivity contribution in [2.75, 3.05) is 5.32 Å².